The number of hydrogen-bond donors (Lipinski definition) is 1. The van der Waals surface area contributed by atoms with Gasteiger partial charge in [0.15, 0.2) is 0 Å². The molecule has 17 heavy (non-hydrogen) atoms. The maximum atomic E-state index is 6.07. The summed E-state index contributed by atoms with van der Waals surface area (Å²) in [7, 11) is 0. The molecule has 0 bridgehead atoms. The van der Waals surface area contributed by atoms with Crippen molar-refractivity contribution in [2.75, 3.05) is 19.7 Å². The van der Waals surface area contributed by atoms with E-state index < -0.39 is 0 Å². The largest absolute Gasteiger partial charge is 0.487 e. The average Bonchev–Trinajstić information content (AvgIpc) is 2.63. The van der Waals surface area contributed by atoms with Crippen molar-refractivity contribution in [3.63, 3.8) is 0 Å². The Morgan fingerprint density at radius 2 is 2.24 bits per heavy atom. The number of rotatable bonds is 1. The summed E-state index contributed by atoms with van der Waals surface area (Å²) in [6.45, 7) is 6.86. The van der Waals surface area contributed by atoms with Crippen LogP contribution < -0.4 is 10.1 Å². The maximum absolute atomic E-state index is 6.07. The molecule has 1 atom stereocenters. The summed E-state index contributed by atoms with van der Waals surface area (Å²) in [6, 6.07) is 6.39. The van der Waals surface area contributed by atoms with Crippen molar-refractivity contribution < 1.29 is 9.47 Å². The summed E-state index contributed by atoms with van der Waals surface area (Å²) in [5.41, 5.74) is 2.42. The summed E-state index contributed by atoms with van der Waals surface area (Å²) in [6.07, 6.45) is 1.11. The van der Waals surface area contributed by atoms with Gasteiger partial charge in [-0.3, -0.25) is 0 Å². The first-order valence-electron chi connectivity index (χ1n) is 6.29. The van der Waals surface area contributed by atoms with E-state index in [0.29, 0.717) is 0 Å². The van der Waals surface area contributed by atoms with Crippen molar-refractivity contribution in [1.29, 1.82) is 0 Å². The highest BCUT2D eigenvalue weighted by Crippen LogP contribution is 2.40. The Hall–Kier alpha value is -1.06. The molecule has 3 rings (SSSR count). The second-order valence-electron chi connectivity index (χ2n) is 5.44. The molecule has 1 fully saturated rings. The highest BCUT2D eigenvalue weighted by atomic mass is 16.5. The van der Waals surface area contributed by atoms with E-state index in [1.165, 1.54) is 11.1 Å². The predicted octanol–water partition coefficient (Wildman–Crippen LogP) is 2.06. The van der Waals surface area contributed by atoms with Crippen LogP contribution in [0.1, 0.15) is 31.1 Å². The molecule has 0 saturated carbocycles. The number of fused-ring (bicyclic) bond motifs is 1. The molecule has 3 heteroatoms. The van der Waals surface area contributed by atoms with E-state index in [4.69, 9.17) is 9.47 Å². The predicted molar refractivity (Wildman–Crippen MR) is 66.4 cm³/mol. The summed E-state index contributed by atoms with van der Waals surface area (Å²) in [4.78, 5) is 0. The fourth-order valence-corrected chi connectivity index (χ4v) is 2.66. The van der Waals surface area contributed by atoms with Gasteiger partial charge in [-0.1, -0.05) is 18.2 Å². The first-order valence-corrected chi connectivity index (χ1v) is 6.29. The number of para-hydroxylation sites is 1. The molecule has 0 aliphatic carbocycles. The number of benzene rings is 1. The highest BCUT2D eigenvalue weighted by Gasteiger charge is 2.33. The lowest BCUT2D eigenvalue weighted by Crippen LogP contribution is -2.33. The molecule has 0 spiro atoms. The molecule has 1 N–H and O–H groups in total. The van der Waals surface area contributed by atoms with E-state index in [9.17, 15) is 0 Å². The molecule has 2 heterocycles. The standard InChI is InChI=1S/C14H19NO2/c1-14(2)8-10-4-3-5-11(13(10)17-14)12-9-15-6-7-16-12/h3-5,12,15H,6-9H2,1-2H3. The molecule has 3 nitrogen and oxygen atoms in total. The minimum Gasteiger partial charge on any atom is -0.487 e. The Morgan fingerprint density at radius 3 is 3.00 bits per heavy atom. The van der Waals surface area contributed by atoms with Gasteiger partial charge in [0.05, 0.1) is 12.7 Å². The fourth-order valence-electron chi connectivity index (χ4n) is 2.66. The van der Waals surface area contributed by atoms with Crippen molar-refractivity contribution in [3.05, 3.63) is 29.3 Å². The summed E-state index contributed by atoms with van der Waals surface area (Å²) in [5.74, 6) is 1.05. The minimum absolute atomic E-state index is 0.0828. The topological polar surface area (TPSA) is 30.5 Å². The lowest BCUT2D eigenvalue weighted by Gasteiger charge is -2.26. The smallest absolute Gasteiger partial charge is 0.129 e. The lowest BCUT2D eigenvalue weighted by molar-refractivity contribution is 0.0243. The number of morpholine rings is 1. The molecule has 1 unspecified atom stereocenters. The van der Waals surface area contributed by atoms with Gasteiger partial charge in [0.25, 0.3) is 0 Å². The van der Waals surface area contributed by atoms with Gasteiger partial charge < -0.3 is 14.8 Å². The fraction of sp³-hybridized carbons (Fsp3) is 0.571. The van der Waals surface area contributed by atoms with E-state index in [2.05, 4.69) is 37.4 Å². The van der Waals surface area contributed by atoms with Gasteiger partial charge in [0.2, 0.25) is 0 Å². The molecule has 1 saturated heterocycles. The van der Waals surface area contributed by atoms with E-state index in [-0.39, 0.29) is 11.7 Å². The van der Waals surface area contributed by atoms with Gasteiger partial charge in [-0.2, -0.15) is 0 Å². The van der Waals surface area contributed by atoms with E-state index >= 15 is 0 Å². The lowest BCUT2D eigenvalue weighted by atomic mass is 9.99. The molecule has 0 aromatic heterocycles. The van der Waals surface area contributed by atoms with Crippen molar-refractivity contribution in [1.82, 2.24) is 5.32 Å². The van der Waals surface area contributed by atoms with Gasteiger partial charge in [0.1, 0.15) is 11.4 Å². The van der Waals surface area contributed by atoms with Crippen LogP contribution >= 0.6 is 0 Å². The second kappa shape index (κ2) is 4.00. The van der Waals surface area contributed by atoms with E-state index in [1.54, 1.807) is 0 Å². The molecular formula is C14H19NO2. The van der Waals surface area contributed by atoms with Gasteiger partial charge in [-0.05, 0) is 19.4 Å². The van der Waals surface area contributed by atoms with E-state index in [1.807, 2.05) is 0 Å². The van der Waals surface area contributed by atoms with Crippen LogP contribution in [0.15, 0.2) is 18.2 Å². The minimum atomic E-state index is -0.0828. The third-order valence-corrected chi connectivity index (χ3v) is 3.40. The number of nitrogens with one attached hydrogen (secondary N) is 1. The second-order valence-corrected chi connectivity index (χ2v) is 5.44. The van der Waals surface area contributed by atoms with Crippen LogP contribution in [0.3, 0.4) is 0 Å². The molecule has 2 aliphatic rings. The summed E-state index contributed by atoms with van der Waals surface area (Å²) in [5, 5.41) is 3.36. The maximum Gasteiger partial charge on any atom is 0.129 e. The molecule has 0 radical (unpaired) electrons. The third-order valence-electron chi connectivity index (χ3n) is 3.40. The van der Waals surface area contributed by atoms with Gasteiger partial charge in [-0.15, -0.1) is 0 Å². The quantitative estimate of drug-likeness (QED) is 0.805. The van der Waals surface area contributed by atoms with E-state index in [0.717, 1.165) is 31.9 Å². The van der Waals surface area contributed by atoms with Crippen LogP contribution in [0.25, 0.3) is 0 Å². The molecule has 1 aromatic carbocycles. The first kappa shape index (κ1) is 11.1. The Labute approximate surface area is 102 Å². The number of ether oxygens (including phenoxy) is 2. The number of hydrogen-bond acceptors (Lipinski definition) is 3. The Bertz CT molecular complexity index is 422. The monoisotopic (exact) mass is 233 g/mol. The van der Waals surface area contributed by atoms with Crippen molar-refractivity contribution in [3.8, 4) is 5.75 Å². The first-order chi connectivity index (χ1) is 8.16. The van der Waals surface area contributed by atoms with Crippen LogP contribution in [-0.4, -0.2) is 25.3 Å². The van der Waals surface area contributed by atoms with Crippen molar-refractivity contribution >= 4 is 0 Å². The van der Waals surface area contributed by atoms with Gasteiger partial charge in [0, 0.05) is 25.1 Å². The SMILES string of the molecule is CC1(C)Cc2cccc(C3CNCCO3)c2O1. The van der Waals surface area contributed by atoms with Crippen molar-refractivity contribution in [2.24, 2.45) is 0 Å². The zero-order chi connectivity index (χ0) is 11.9. The zero-order valence-corrected chi connectivity index (χ0v) is 10.5. The van der Waals surface area contributed by atoms with Crippen LogP contribution in [0, 0.1) is 0 Å². The third kappa shape index (κ3) is 2.05. The zero-order valence-electron chi connectivity index (χ0n) is 10.5. The molecule has 1 aromatic rings. The normalized spacial score (nSPS) is 26.4. The Kier molecular flexibility index (Phi) is 2.60. The van der Waals surface area contributed by atoms with Crippen LogP contribution in [0.4, 0.5) is 0 Å². The molecule has 0 amide bonds. The Balaban J connectivity index is 1.94. The highest BCUT2D eigenvalue weighted by molar-refractivity contribution is 5.47. The van der Waals surface area contributed by atoms with Gasteiger partial charge in [-0.25, -0.2) is 0 Å². The molecular weight excluding hydrogens is 214 g/mol. The van der Waals surface area contributed by atoms with Crippen molar-refractivity contribution in [2.45, 2.75) is 32.0 Å². The summed E-state index contributed by atoms with van der Waals surface area (Å²) >= 11 is 0. The van der Waals surface area contributed by atoms with Crippen LogP contribution in [-0.2, 0) is 11.2 Å². The summed E-state index contributed by atoms with van der Waals surface area (Å²) < 4.78 is 11.9. The van der Waals surface area contributed by atoms with Crippen LogP contribution in [0.2, 0.25) is 0 Å². The van der Waals surface area contributed by atoms with Gasteiger partial charge >= 0.3 is 0 Å². The van der Waals surface area contributed by atoms with Crippen LogP contribution in [0.5, 0.6) is 5.75 Å². The molecule has 2 aliphatic heterocycles. The Morgan fingerprint density at radius 1 is 1.35 bits per heavy atom. The molecule has 92 valence electrons. The average molecular weight is 233 g/mol.